The Morgan fingerprint density at radius 1 is 1.28 bits per heavy atom. The van der Waals surface area contributed by atoms with Crippen LogP contribution in [0.15, 0.2) is 4.52 Å². The summed E-state index contributed by atoms with van der Waals surface area (Å²) in [5.41, 5.74) is -0.115. The Morgan fingerprint density at radius 3 is 2.50 bits per heavy atom. The molecule has 0 aromatic carbocycles. The normalized spacial score (nSPS) is 12.3. The van der Waals surface area contributed by atoms with Gasteiger partial charge in [0, 0.05) is 12.0 Å². The molecule has 0 spiro atoms. The Balaban J connectivity index is 2.60. The highest BCUT2D eigenvalue weighted by Crippen LogP contribution is 2.19. The van der Waals surface area contributed by atoms with Gasteiger partial charge < -0.3 is 9.63 Å². The highest BCUT2D eigenvalue weighted by molar-refractivity contribution is 4.98. The first-order valence-electron chi connectivity index (χ1n) is 6.63. The molecule has 1 rings (SSSR count). The number of hydrogen-bond acceptors (Lipinski definition) is 5. The van der Waals surface area contributed by atoms with Gasteiger partial charge in [0.25, 0.3) is 0 Å². The lowest BCUT2D eigenvalue weighted by atomic mass is 9.97. The van der Waals surface area contributed by atoms with E-state index in [1.165, 1.54) is 0 Å². The fraction of sp³-hybridized carbons (Fsp3) is 0.846. The van der Waals surface area contributed by atoms with Crippen LogP contribution in [-0.4, -0.2) is 39.8 Å². The van der Waals surface area contributed by atoms with Crippen molar-refractivity contribution in [2.24, 2.45) is 0 Å². The first-order chi connectivity index (χ1) is 8.47. The third-order valence-corrected chi connectivity index (χ3v) is 2.72. The molecule has 0 unspecified atom stereocenters. The van der Waals surface area contributed by atoms with Crippen LogP contribution >= 0.6 is 0 Å². The van der Waals surface area contributed by atoms with Crippen LogP contribution in [0.5, 0.6) is 0 Å². The van der Waals surface area contributed by atoms with E-state index in [2.05, 4.69) is 22.0 Å². The van der Waals surface area contributed by atoms with Crippen molar-refractivity contribution >= 4 is 0 Å². The third kappa shape index (κ3) is 4.74. The summed E-state index contributed by atoms with van der Waals surface area (Å²) in [7, 11) is 0. The Kier molecular flexibility index (Phi) is 5.75. The number of aromatic nitrogens is 2. The summed E-state index contributed by atoms with van der Waals surface area (Å²) in [5.74, 6) is 1.36. The molecule has 0 saturated carbocycles. The summed E-state index contributed by atoms with van der Waals surface area (Å²) in [6.45, 7) is 10.7. The summed E-state index contributed by atoms with van der Waals surface area (Å²) >= 11 is 0. The van der Waals surface area contributed by atoms with Crippen molar-refractivity contribution in [2.75, 3.05) is 19.7 Å². The molecule has 1 aromatic rings. The van der Waals surface area contributed by atoms with E-state index in [0.29, 0.717) is 24.8 Å². The molecule has 0 radical (unpaired) electrons. The highest BCUT2D eigenvalue weighted by Gasteiger charge is 2.22. The maximum Gasteiger partial charge on any atom is 0.232 e. The molecule has 0 fully saturated rings. The van der Waals surface area contributed by atoms with E-state index in [1.54, 1.807) is 0 Å². The zero-order valence-electron chi connectivity index (χ0n) is 11.9. The SMILES string of the molecule is CCCCN(CCO)Cc1noc(C(C)(C)C)n1. The number of aliphatic hydroxyl groups is 1. The summed E-state index contributed by atoms with van der Waals surface area (Å²) in [4.78, 5) is 6.56. The number of nitrogens with zero attached hydrogens (tertiary/aromatic N) is 3. The predicted molar refractivity (Wildman–Crippen MR) is 70.3 cm³/mol. The molecule has 5 nitrogen and oxygen atoms in total. The van der Waals surface area contributed by atoms with Crippen LogP contribution < -0.4 is 0 Å². The minimum atomic E-state index is -0.115. The Labute approximate surface area is 109 Å². The van der Waals surface area contributed by atoms with Gasteiger partial charge in [-0.05, 0) is 13.0 Å². The lowest BCUT2D eigenvalue weighted by Gasteiger charge is -2.18. The fourth-order valence-electron chi connectivity index (χ4n) is 1.62. The zero-order valence-corrected chi connectivity index (χ0v) is 11.9. The molecule has 0 atom stereocenters. The lowest BCUT2D eigenvalue weighted by Crippen LogP contribution is -2.28. The maximum absolute atomic E-state index is 9.04. The van der Waals surface area contributed by atoms with Gasteiger partial charge in [0.2, 0.25) is 5.89 Å². The van der Waals surface area contributed by atoms with Crippen LogP contribution in [0, 0.1) is 0 Å². The second-order valence-electron chi connectivity index (χ2n) is 5.62. The van der Waals surface area contributed by atoms with Gasteiger partial charge in [0.15, 0.2) is 5.82 Å². The van der Waals surface area contributed by atoms with Gasteiger partial charge in [-0.25, -0.2) is 0 Å². The molecule has 1 heterocycles. The maximum atomic E-state index is 9.04. The second-order valence-corrected chi connectivity index (χ2v) is 5.62. The Morgan fingerprint density at radius 2 is 2.00 bits per heavy atom. The van der Waals surface area contributed by atoms with Gasteiger partial charge >= 0.3 is 0 Å². The molecule has 18 heavy (non-hydrogen) atoms. The first kappa shape index (κ1) is 15.1. The standard InChI is InChI=1S/C13H25N3O2/c1-5-6-7-16(8-9-17)10-11-14-12(18-15-11)13(2,3)4/h17H,5-10H2,1-4H3. The molecule has 104 valence electrons. The van der Waals surface area contributed by atoms with Gasteiger partial charge in [0.1, 0.15) is 0 Å². The number of aliphatic hydroxyl groups excluding tert-OH is 1. The van der Waals surface area contributed by atoms with Crippen molar-refractivity contribution < 1.29 is 9.63 Å². The van der Waals surface area contributed by atoms with E-state index < -0.39 is 0 Å². The summed E-state index contributed by atoms with van der Waals surface area (Å²) in [5, 5.41) is 13.0. The topological polar surface area (TPSA) is 62.4 Å². The molecule has 5 heteroatoms. The molecule has 0 aliphatic rings. The Hall–Kier alpha value is -0.940. The van der Waals surface area contributed by atoms with Gasteiger partial charge in [-0.15, -0.1) is 0 Å². The second kappa shape index (κ2) is 6.85. The van der Waals surface area contributed by atoms with Crippen molar-refractivity contribution in [2.45, 2.75) is 52.5 Å². The fourth-order valence-corrected chi connectivity index (χ4v) is 1.62. The van der Waals surface area contributed by atoms with Crippen molar-refractivity contribution in [3.8, 4) is 0 Å². The molecule has 1 N–H and O–H groups in total. The summed E-state index contributed by atoms with van der Waals surface area (Å²) < 4.78 is 5.26. The van der Waals surface area contributed by atoms with Gasteiger partial charge in [0.05, 0.1) is 13.2 Å². The summed E-state index contributed by atoms with van der Waals surface area (Å²) in [6, 6.07) is 0. The van der Waals surface area contributed by atoms with Crippen molar-refractivity contribution in [3.05, 3.63) is 11.7 Å². The largest absolute Gasteiger partial charge is 0.395 e. The molecule has 0 aliphatic heterocycles. The smallest absolute Gasteiger partial charge is 0.232 e. The van der Waals surface area contributed by atoms with E-state index in [-0.39, 0.29) is 12.0 Å². The molecular weight excluding hydrogens is 230 g/mol. The van der Waals surface area contributed by atoms with E-state index in [0.717, 1.165) is 19.4 Å². The molecule has 0 bridgehead atoms. The van der Waals surface area contributed by atoms with E-state index >= 15 is 0 Å². The van der Waals surface area contributed by atoms with Crippen LogP contribution in [-0.2, 0) is 12.0 Å². The van der Waals surface area contributed by atoms with Crippen LogP contribution in [0.25, 0.3) is 0 Å². The zero-order chi connectivity index (χ0) is 13.6. The number of rotatable bonds is 7. The van der Waals surface area contributed by atoms with Gasteiger partial charge in [-0.3, -0.25) is 4.90 Å². The molecular formula is C13H25N3O2. The minimum absolute atomic E-state index is 0.115. The molecule has 1 aromatic heterocycles. The van der Waals surface area contributed by atoms with Crippen LogP contribution in [0.3, 0.4) is 0 Å². The van der Waals surface area contributed by atoms with E-state index in [1.807, 2.05) is 20.8 Å². The average molecular weight is 255 g/mol. The van der Waals surface area contributed by atoms with Crippen LogP contribution in [0.1, 0.15) is 52.3 Å². The molecule has 0 aliphatic carbocycles. The van der Waals surface area contributed by atoms with Crippen molar-refractivity contribution in [1.82, 2.24) is 15.0 Å². The van der Waals surface area contributed by atoms with Crippen molar-refractivity contribution in [3.63, 3.8) is 0 Å². The number of hydrogen-bond donors (Lipinski definition) is 1. The van der Waals surface area contributed by atoms with Gasteiger partial charge in [-0.2, -0.15) is 4.98 Å². The highest BCUT2D eigenvalue weighted by atomic mass is 16.5. The monoisotopic (exact) mass is 255 g/mol. The molecule has 0 amide bonds. The summed E-state index contributed by atoms with van der Waals surface area (Å²) in [6.07, 6.45) is 2.26. The third-order valence-electron chi connectivity index (χ3n) is 2.72. The number of unbranched alkanes of at least 4 members (excludes halogenated alkanes) is 1. The van der Waals surface area contributed by atoms with Crippen molar-refractivity contribution in [1.29, 1.82) is 0 Å². The van der Waals surface area contributed by atoms with Crippen LogP contribution in [0.4, 0.5) is 0 Å². The lowest BCUT2D eigenvalue weighted by molar-refractivity contribution is 0.183. The van der Waals surface area contributed by atoms with E-state index in [9.17, 15) is 0 Å². The van der Waals surface area contributed by atoms with Crippen LogP contribution in [0.2, 0.25) is 0 Å². The average Bonchev–Trinajstić information content (AvgIpc) is 2.74. The molecule has 0 saturated heterocycles. The van der Waals surface area contributed by atoms with Gasteiger partial charge in [-0.1, -0.05) is 39.3 Å². The minimum Gasteiger partial charge on any atom is -0.395 e. The predicted octanol–water partition coefficient (Wildman–Crippen LogP) is 1.96. The first-order valence-corrected chi connectivity index (χ1v) is 6.63. The Bertz CT molecular complexity index is 344. The quantitative estimate of drug-likeness (QED) is 0.807. The van der Waals surface area contributed by atoms with E-state index in [4.69, 9.17) is 9.63 Å².